The molecule has 0 aliphatic rings. The molecule has 2 rings (SSSR count). The number of ketones is 1. The molecule has 0 N–H and O–H groups in total. The van der Waals surface area contributed by atoms with Gasteiger partial charge in [-0.25, -0.2) is 0 Å². The first-order valence-electron chi connectivity index (χ1n) is 8.32. The van der Waals surface area contributed by atoms with Gasteiger partial charge in [-0.3, -0.25) is 4.79 Å². The molecule has 122 valence electrons. The van der Waals surface area contributed by atoms with Crippen LogP contribution < -0.4 is 0 Å². The molecule has 0 radical (unpaired) electrons. The van der Waals surface area contributed by atoms with E-state index in [0.29, 0.717) is 5.78 Å². The van der Waals surface area contributed by atoms with Crippen LogP contribution in [0, 0.1) is 5.92 Å². The van der Waals surface area contributed by atoms with Crippen molar-refractivity contribution in [3.8, 4) is 0 Å². The van der Waals surface area contributed by atoms with Gasteiger partial charge >= 0.3 is 0 Å². The van der Waals surface area contributed by atoms with Gasteiger partial charge in [0.2, 0.25) is 0 Å². The van der Waals surface area contributed by atoms with Gasteiger partial charge < -0.3 is 4.90 Å². The minimum absolute atomic E-state index is 0.0228. The molecule has 0 saturated carbocycles. The Morgan fingerprint density at radius 1 is 0.957 bits per heavy atom. The molecule has 0 heterocycles. The second-order valence-electron chi connectivity index (χ2n) is 6.52. The van der Waals surface area contributed by atoms with Gasteiger partial charge in [0.05, 0.1) is 5.41 Å². The molecule has 2 aromatic carbocycles. The summed E-state index contributed by atoms with van der Waals surface area (Å²) in [6, 6.07) is 20.4. The molecule has 1 atom stereocenters. The maximum Gasteiger partial charge on any atom is 0.151 e. The van der Waals surface area contributed by atoms with Crippen LogP contribution in [-0.4, -0.2) is 31.3 Å². The van der Waals surface area contributed by atoms with E-state index in [1.54, 1.807) is 0 Å². The van der Waals surface area contributed by atoms with Gasteiger partial charge in [-0.1, -0.05) is 74.5 Å². The number of rotatable bonds is 7. The predicted octanol–water partition coefficient (Wildman–Crippen LogP) is 4.15. The van der Waals surface area contributed by atoms with E-state index < -0.39 is 5.41 Å². The van der Waals surface area contributed by atoms with Crippen LogP contribution >= 0.6 is 0 Å². The van der Waals surface area contributed by atoms with Crippen molar-refractivity contribution in [3.05, 3.63) is 71.8 Å². The van der Waals surface area contributed by atoms with Crippen LogP contribution in [0.5, 0.6) is 0 Å². The first-order chi connectivity index (χ1) is 11.0. The molecule has 0 spiro atoms. The summed E-state index contributed by atoms with van der Waals surface area (Å²) in [6.07, 6.45) is 0.762. The molecule has 0 aliphatic carbocycles. The Hall–Kier alpha value is -1.93. The number of hydrogen-bond acceptors (Lipinski definition) is 2. The van der Waals surface area contributed by atoms with Gasteiger partial charge in [0.25, 0.3) is 0 Å². The van der Waals surface area contributed by atoms with Crippen LogP contribution in [-0.2, 0) is 10.2 Å². The number of carbonyl (C=O) groups is 1. The largest absolute Gasteiger partial charge is 0.309 e. The molecule has 0 bridgehead atoms. The van der Waals surface area contributed by atoms with Crippen LogP contribution in [0.25, 0.3) is 0 Å². The molecule has 0 unspecified atom stereocenters. The van der Waals surface area contributed by atoms with Gasteiger partial charge in [-0.05, 0) is 31.6 Å². The van der Waals surface area contributed by atoms with Crippen molar-refractivity contribution in [2.24, 2.45) is 5.92 Å². The van der Waals surface area contributed by atoms with Crippen molar-refractivity contribution in [1.29, 1.82) is 0 Å². The predicted molar refractivity (Wildman–Crippen MR) is 96.7 cm³/mol. The highest BCUT2D eigenvalue weighted by atomic mass is 16.1. The van der Waals surface area contributed by atoms with Gasteiger partial charge in [-0.2, -0.15) is 0 Å². The zero-order valence-corrected chi connectivity index (χ0v) is 14.6. The van der Waals surface area contributed by atoms with Gasteiger partial charge in [0.1, 0.15) is 0 Å². The SMILES string of the molecule is CCC(C(=O)[C@@H](C)CN(C)C)(c1ccccc1)c1ccccc1. The molecule has 0 amide bonds. The third kappa shape index (κ3) is 3.53. The fraction of sp³-hybridized carbons (Fsp3) is 0.381. The Morgan fingerprint density at radius 2 is 1.39 bits per heavy atom. The molecular formula is C21H27NO. The summed E-state index contributed by atoms with van der Waals surface area (Å²) in [5.41, 5.74) is 1.60. The molecule has 2 nitrogen and oxygen atoms in total. The van der Waals surface area contributed by atoms with Crippen LogP contribution in [0.2, 0.25) is 0 Å². The highest BCUT2D eigenvalue weighted by Crippen LogP contribution is 2.38. The summed E-state index contributed by atoms with van der Waals surface area (Å²) >= 11 is 0. The topological polar surface area (TPSA) is 20.3 Å². The average molecular weight is 309 g/mol. The van der Waals surface area contributed by atoms with E-state index in [1.165, 1.54) is 0 Å². The highest BCUT2D eigenvalue weighted by molar-refractivity contribution is 5.95. The summed E-state index contributed by atoms with van der Waals surface area (Å²) in [5.74, 6) is 0.275. The van der Waals surface area contributed by atoms with E-state index in [9.17, 15) is 4.79 Å². The highest BCUT2D eigenvalue weighted by Gasteiger charge is 2.42. The van der Waals surface area contributed by atoms with Crippen LogP contribution in [0.1, 0.15) is 31.4 Å². The Balaban J connectivity index is 2.57. The number of nitrogens with zero attached hydrogens (tertiary/aromatic N) is 1. The number of carbonyl (C=O) groups excluding carboxylic acids is 1. The summed E-state index contributed by atoms with van der Waals surface area (Å²) in [7, 11) is 4.03. The summed E-state index contributed by atoms with van der Waals surface area (Å²) in [6.45, 7) is 4.92. The number of Topliss-reactive ketones (excluding diaryl/α,β-unsaturated/α-hetero) is 1. The van der Waals surface area contributed by atoms with E-state index in [0.717, 1.165) is 24.1 Å². The van der Waals surface area contributed by atoms with Crippen molar-refractivity contribution >= 4 is 5.78 Å². The van der Waals surface area contributed by atoms with Crippen molar-refractivity contribution in [1.82, 2.24) is 4.90 Å². The van der Waals surface area contributed by atoms with Crippen molar-refractivity contribution in [2.45, 2.75) is 25.7 Å². The lowest BCUT2D eigenvalue weighted by Crippen LogP contribution is -2.42. The lowest BCUT2D eigenvalue weighted by atomic mass is 9.66. The van der Waals surface area contributed by atoms with Crippen molar-refractivity contribution in [3.63, 3.8) is 0 Å². The van der Waals surface area contributed by atoms with Crippen LogP contribution in [0.3, 0.4) is 0 Å². The van der Waals surface area contributed by atoms with E-state index in [1.807, 2.05) is 57.4 Å². The number of benzene rings is 2. The molecule has 2 aromatic rings. The number of hydrogen-bond donors (Lipinski definition) is 0. The summed E-state index contributed by atoms with van der Waals surface area (Å²) in [4.78, 5) is 15.6. The molecule has 0 aromatic heterocycles. The molecule has 0 aliphatic heterocycles. The zero-order chi connectivity index (χ0) is 16.9. The average Bonchev–Trinajstić information content (AvgIpc) is 2.57. The quantitative estimate of drug-likeness (QED) is 0.766. The van der Waals surface area contributed by atoms with E-state index in [2.05, 4.69) is 36.1 Å². The van der Waals surface area contributed by atoms with Crippen molar-refractivity contribution in [2.75, 3.05) is 20.6 Å². The molecule has 0 fully saturated rings. The smallest absolute Gasteiger partial charge is 0.151 e. The molecular weight excluding hydrogens is 282 g/mol. The van der Waals surface area contributed by atoms with Gasteiger partial charge in [0.15, 0.2) is 5.78 Å². The fourth-order valence-corrected chi connectivity index (χ4v) is 3.53. The first kappa shape index (κ1) is 17.4. The molecule has 23 heavy (non-hydrogen) atoms. The van der Waals surface area contributed by atoms with E-state index >= 15 is 0 Å². The Bertz CT molecular complexity index is 579. The third-order valence-electron chi connectivity index (χ3n) is 4.57. The molecule has 0 saturated heterocycles. The van der Waals surface area contributed by atoms with Crippen LogP contribution in [0.15, 0.2) is 60.7 Å². The zero-order valence-electron chi connectivity index (χ0n) is 14.6. The van der Waals surface area contributed by atoms with E-state index in [-0.39, 0.29) is 5.92 Å². The summed E-state index contributed by atoms with van der Waals surface area (Å²) in [5, 5.41) is 0. The Morgan fingerprint density at radius 3 is 1.74 bits per heavy atom. The molecule has 2 heteroatoms. The second kappa shape index (κ2) is 7.56. The second-order valence-corrected chi connectivity index (χ2v) is 6.52. The van der Waals surface area contributed by atoms with E-state index in [4.69, 9.17) is 0 Å². The van der Waals surface area contributed by atoms with Gasteiger partial charge in [-0.15, -0.1) is 0 Å². The third-order valence-corrected chi connectivity index (χ3v) is 4.57. The van der Waals surface area contributed by atoms with Crippen molar-refractivity contribution < 1.29 is 4.79 Å². The normalized spacial score (nSPS) is 13.1. The minimum Gasteiger partial charge on any atom is -0.309 e. The van der Waals surface area contributed by atoms with Crippen LogP contribution in [0.4, 0.5) is 0 Å². The first-order valence-corrected chi connectivity index (χ1v) is 8.32. The standard InChI is InChI=1S/C21H27NO/c1-5-21(18-12-8-6-9-13-18,19-14-10-7-11-15-19)20(23)17(2)16-22(3)4/h6-15,17H,5,16H2,1-4H3/t17-/m0/s1. The summed E-state index contributed by atoms with van der Waals surface area (Å²) < 4.78 is 0. The Labute approximate surface area is 140 Å². The Kier molecular flexibility index (Phi) is 5.73. The monoisotopic (exact) mass is 309 g/mol. The minimum atomic E-state index is -0.571. The fourth-order valence-electron chi connectivity index (χ4n) is 3.53. The van der Waals surface area contributed by atoms with Gasteiger partial charge in [0, 0.05) is 12.5 Å². The lowest BCUT2D eigenvalue weighted by molar-refractivity contribution is -0.127. The maximum absolute atomic E-state index is 13.5. The maximum atomic E-state index is 13.5. The lowest BCUT2D eigenvalue weighted by Gasteiger charge is -2.35.